The molecule has 1 aliphatic carbocycles. The fourth-order valence-electron chi connectivity index (χ4n) is 2.91. The zero-order chi connectivity index (χ0) is 19.4. The summed E-state index contributed by atoms with van der Waals surface area (Å²) in [7, 11) is 0. The Bertz CT molecular complexity index is 922. The molecule has 0 spiro atoms. The van der Waals surface area contributed by atoms with E-state index in [4.69, 9.17) is 4.74 Å². The van der Waals surface area contributed by atoms with Crippen molar-refractivity contribution in [2.45, 2.75) is 33.1 Å². The number of benzene rings is 1. The van der Waals surface area contributed by atoms with Gasteiger partial charge in [0, 0.05) is 30.0 Å². The highest BCUT2D eigenvalue weighted by atomic mass is 32.1. The van der Waals surface area contributed by atoms with Gasteiger partial charge in [-0.1, -0.05) is 29.8 Å². The van der Waals surface area contributed by atoms with Gasteiger partial charge in [-0.2, -0.15) is 0 Å². The molecule has 1 aromatic carbocycles. The second kappa shape index (κ2) is 8.31. The van der Waals surface area contributed by atoms with E-state index in [0.717, 1.165) is 16.7 Å². The molecule has 5 nitrogen and oxygen atoms in total. The maximum atomic E-state index is 12.5. The van der Waals surface area contributed by atoms with Crippen molar-refractivity contribution in [3.63, 3.8) is 0 Å². The predicted octanol–water partition coefficient (Wildman–Crippen LogP) is 5.17. The SMILES string of the molecule is CCOC(=O)c1c(-c2ccc(C)cc2)csc1N=CC1=C(O)CCCC1=O. The molecule has 0 radical (unpaired) electrons. The van der Waals surface area contributed by atoms with Gasteiger partial charge < -0.3 is 9.84 Å². The molecule has 0 unspecified atom stereocenters. The van der Waals surface area contributed by atoms with Crippen LogP contribution >= 0.6 is 11.3 Å². The van der Waals surface area contributed by atoms with Crippen molar-refractivity contribution in [2.75, 3.05) is 6.61 Å². The fraction of sp³-hybridized carbons (Fsp3) is 0.286. The van der Waals surface area contributed by atoms with Gasteiger partial charge >= 0.3 is 5.97 Å². The van der Waals surface area contributed by atoms with Crippen LogP contribution in [0.2, 0.25) is 0 Å². The Morgan fingerprint density at radius 1 is 1.30 bits per heavy atom. The van der Waals surface area contributed by atoms with Gasteiger partial charge in [-0.05, 0) is 25.8 Å². The van der Waals surface area contributed by atoms with E-state index in [2.05, 4.69) is 4.99 Å². The normalized spacial score (nSPS) is 14.8. The predicted molar refractivity (Wildman–Crippen MR) is 107 cm³/mol. The van der Waals surface area contributed by atoms with Gasteiger partial charge in [-0.15, -0.1) is 11.3 Å². The van der Waals surface area contributed by atoms with Crippen LogP contribution in [-0.4, -0.2) is 29.7 Å². The number of esters is 1. The molecular formula is C21H21NO4S. The lowest BCUT2D eigenvalue weighted by molar-refractivity contribution is -0.115. The number of nitrogens with zero attached hydrogens (tertiary/aromatic N) is 1. The quantitative estimate of drug-likeness (QED) is 0.571. The van der Waals surface area contributed by atoms with E-state index in [-0.39, 0.29) is 23.7 Å². The van der Waals surface area contributed by atoms with Crippen LogP contribution in [0.4, 0.5) is 5.00 Å². The maximum Gasteiger partial charge on any atom is 0.341 e. The van der Waals surface area contributed by atoms with Crippen molar-refractivity contribution in [1.82, 2.24) is 0 Å². The molecule has 1 heterocycles. The van der Waals surface area contributed by atoms with E-state index < -0.39 is 5.97 Å². The molecule has 6 heteroatoms. The van der Waals surface area contributed by atoms with Crippen LogP contribution in [0.15, 0.2) is 46.0 Å². The summed E-state index contributed by atoms with van der Waals surface area (Å²) in [5.41, 5.74) is 3.38. The zero-order valence-corrected chi connectivity index (χ0v) is 16.1. The molecule has 0 amide bonds. The minimum atomic E-state index is -0.449. The van der Waals surface area contributed by atoms with Crippen LogP contribution in [-0.2, 0) is 9.53 Å². The summed E-state index contributed by atoms with van der Waals surface area (Å²) in [5, 5.41) is 12.3. The lowest BCUT2D eigenvalue weighted by Gasteiger charge is -2.11. The smallest absolute Gasteiger partial charge is 0.341 e. The minimum absolute atomic E-state index is 0.0583. The molecule has 3 rings (SSSR count). The molecule has 0 atom stereocenters. The number of aryl methyl sites for hydroxylation is 1. The summed E-state index contributed by atoms with van der Waals surface area (Å²) >= 11 is 1.31. The lowest BCUT2D eigenvalue weighted by Crippen LogP contribution is -2.12. The molecule has 2 aromatic rings. The average Bonchev–Trinajstić information content (AvgIpc) is 3.06. The van der Waals surface area contributed by atoms with E-state index in [0.29, 0.717) is 29.8 Å². The fourth-order valence-corrected chi connectivity index (χ4v) is 3.81. The van der Waals surface area contributed by atoms with E-state index in [1.807, 2.05) is 36.6 Å². The molecule has 0 aliphatic heterocycles. The van der Waals surface area contributed by atoms with E-state index >= 15 is 0 Å². The Kier molecular flexibility index (Phi) is 5.86. The molecule has 1 aromatic heterocycles. The molecular weight excluding hydrogens is 362 g/mol. The van der Waals surface area contributed by atoms with E-state index in [9.17, 15) is 14.7 Å². The van der Waals surface area contributed by atoms with Crippen molar-refractivity contribution in [3.8, 4) is 11.1 Å². The first kappa shape index (κ1) is 19.0. The summed E-state index contributed by atoms with van der Waals surface area (Å²) < 4.78 is 5.21. The molecule has 1 N–H and O–H groups in total. The molecule has 0 bridgehead atoms. The second-order valence-electron chi connectivity index (χ2n) is 6.31. The van der Waals surface area contributed by atoms with Crippen LogP contribution in [0.5, 0.6) is 0 Å². The Hall–Kier alpha value is -2.73. The summed E-state index contributed by atoms with van der Waals surface area (Å²) in [6.45, 7) is 4.01. The highest BCUT2D eigenvalue weighted by molar-refractivity contribution is 7.14. The third-order valence-corrected chi connectivity index (χ3v) is 5.24. The van der Waals surface area contributed by atoms with E-state index in [1.54, 1.807) is 6.92 Å². The minimum Gasteiger partial charge on any atom is -0.512 e. The molecule has 0 saturated carbocycles. The first-order valence-corrected chi connectivity index (χ1v) is 9.74. The van der Waals surface area contributed by atoms with E-state index in [1.165, 1.54) is 17.6 Å². The Labute approximate surface area is 162 Å². The van der Waals surface area contributed by atoms with Crippen molar-refractivity contribution in [3.05, 3.63) is 52.1 Å². The number of ether oxygens (including phenoxy) is 1. The van der Waals surface area contributed by atoms with Gasteiger partial charge in [0.05, 0.1) is 12.2 Å². The number of allylic oxidation sites excluding steroid dienone is 2. The molecule has 0 fully saturated rings. The van der Waals surface area contributed by atoms with Gasteiger partial charge in [0.2, 0.25) is 0 Å². The number of aliphatic hydroxyl groups excluding tert-OH is 1. The maximum absolute atomic E-state index is 12.5. The average molecular weight is 383 g/mol. The molecule has 0 saturated heterocycles. The summed E-state index contributed by atoms with van der Waals surface area (Å²) in [4.78, 5) is 28.9. The molecule has 27 heavy (non-hydrogen) atoms. The summed E-state index contributed by atoms with van der Waals surface area (Å²) in [6.07, 6.45) is 2.88. The number of aliphatic imine (C=N–C) groups is 1. The topological polar surface area (TPSA) is 76.0 Å². The van der Waals surface area contributed by atoms with Crippen LogP contribution in [0.3, 0.4) is 0 Å². The number of ketones is 1. The standard InChI is InChI=1S/C21H21NO4S/c1-3-26-21(25)19-16(14-9-7-13(2)8-10-14)12-27-20(19)22-11-15-17(23)5-4-6-18(15)24/h7-12,23H,3-6H2,1-2H3. The van der Waals surface area contributed by atoms with Gasteiger partial charge in [-0.25, -0.2) is 9.79 Å². The number of carbonyl (C=O) groups excluding carboxylic acids is 2. The van der Waals surface area contributed by atoms with Crippen molar-refractivity contribution < 1.29 is 19.4 Å². The van der Waals surface area contributed by atoms with Crippen LogP contribution < -0.4 is 0 Å². The number of carbonyl (C=O) groups is 2. The largest absolute Gasteiger partial charge is 0.512 e. The van der Waals surface area contributed by atoms with Crippen LogP contribution in [0.25, 0.3) is 11.1 Å². The van der Waals surface area contributed by atoms with Gasteiger partial charge in [0.25, 0.3) is 0 Å². The molecule has 1 aliphatic rings. The Balaban J connectivity index is 2.02. The van der Waals surface area contributed by atoms with Gasteiger partial charge in [-0.3, -0.25) is 4.79 Å². The Morgan fingerprint density at radius 2 is 2.04 bits per heavy atom. The van der Waals surface area contributed by atoms with Crippen molar-refractivity contribution in [1.29, 1.82) is 0 Å². The summed E-state index contributed by atoms with van der Waals surface area (Å²) in [6, 6.07) is 7.86. The third kappa shape index (κ3) is 4.17. The highest BCUT2D eigenvalue weighted by Gasteiger charge is 2.22. The number of aliphatic hydroxyl groups is 1. The number of rotatable bonds is 5. The second-order valence-corrected chi connectivity index (χ2v) is 7.17. The first-order valence-electron chi connectivity index (χ1n) is 8.86. The van der Waals surface area contributed by atoms with Crippen LogP contribution in [0.1, 0.15) is 42.1 Å². The van der Waals surface area contributed by atoms with Crippen LogP contribution in [0, 0.1) is 6.92 Å². The van der Waals surface area contributed by atoms with Crippen molar-refractivity contribution >= 4 is 34.3 Å². The number of Topliss-reactive ketones (excluding diaryl/α,β-unsaturated/α-hetero) is 1. The van der Waals surface area contributed by atoms with Gasteiger partial charge in [0.1, 0.15) is 16.3 Å². The van der Waals surface area contributed by atoms with Crippen molar-refractivity contribution in [2.24, 2.45) is 4.99 Å². The number of hydrogen-bond acceptors (Lipinski definition) is 6. The zero-order valence-electron chi connectivity index (χ0n) is 15.3. The highest BCUT2D eigenvalue weighted by Crippen LogP contribution is 2.38. The number of thiophene rings is 1. The Morgan fingerprint density at radius 3 is 2.70 bits per heavy atom. The monoisotopic (exact) mass is 383 g/mol. The van der Waals surface area contributed by atoms with Gasteiger partial charge in [0.15, 0.2) is 5.78 Å². The number of hydrogen-bond donors (Lipinski definition) is 1. The third-order valence-electron chi connectivity index (χ3n) is 4.35. The summed E-state index contributed by atoms with van der Waals surface area (Å²) in [5.74, 6) is -0.520. The first-order chi connectivity index (χ1) is 13.0. The lowest BCUT2D eigenvalue weighted by atomic mass is 9.97. The molecule has 140 valence electrons.